The molecule has 8 nitrogen and oxygen atoms in total. The second-order valence-corrected chi connectivity index (χ2v) is 8.01. The summed E-state index contributed by atoms with van der Waals surface area (Å²) in [6.07, 6.45) is 5.66. The number of unbranched alkanes of at least 4 members (excludes halogenated alkanes) is 1. The molecule has 0 aliphatic rings. The summed E-state index contributed by atoms with van der Waals surface area (Å²) in [5.74, 6) is 0.490. The van der Waals surface area contributed by atoms with E-state index < -0.39 is 6.04 Å². The molecule has 0 fully saturated rings. The molecule has 3 heterocycles. The van der Waals surface area contributed by atoms with Crippen molar-refractivity contribution in [3.63, 3.8) is 0 Å². The Morgan fingerprint density at radius 2 is 1.78 bits per heavy atom. The minimum absolute atomic E-state index is 0.134. The maximum Gasteiger partial charge on any atom is 0.280 e. The van der Waals surface area contributed by atoms with Crippen molar-refractivity contribution in [3.8, 4) is 11.5 Å². The van der Waals surface area contributed by atoms with E-state index in [9.17, 15) is 9.59 Å². The van der Waals surface area contributed by atoms with Gasteiger partial charge in [0.05, 0.1) is 11.4 Å². The number of likely N-dealkylation sites (N-methyl/N-ethyl adjacent to an activating group) is 1. The maximum absolute atomic E-state index is 13.7. The number of hydrogen-bond donors (Lipinski definition) is 0. The Hall–Kier alpha value is -3.68. The smallest absolute Gasteiger partial charge is 0.280 e. The Kier molecular flexibility index (Phi) is 5.94. The van der Waals surface area contributed by atoms with Crippen molar-refractivity contribution in [1.29, 1.82) is 0 Å². The predicted octanol–water partition coefficient (Wildman–Crippen LogP) is 3.50. The van der Waals surface area contributed by atoms with E-state index in [1.165, 1.54) is 4.68 Å². The average molecular weight is 433 g/mol. The zero-order valence-electron chi connectivity index (χ0n) is 18.9. The predicted molar refractivity (Wildman–Crippen MR) is 124 cm³/mol. The Morgan fingerprint density at radius 3 is 2.44 bits per heavy atom. The lowest BCUT2D eigenvalue weighted by atomic mass is 10.2. The van der Waals surface area contributed by atoms with Crippen molar-refractivity contribution < 1.29 is 4.79 Å². The summed E-state index contributed by atoms with van der Waals surface area (Å²) in [5, 5.41) is 9.67. The number of hydrogen-bond acceptors (Lipinski definition) is 4. The van der Waals surface area contributed by atoms with Crippen molar-refractivity contribution in [2.24, 2.45) is 0 Å². The Morgan fingerprint density at radius 1 is 1.09 bits per heavy atom. The van der Waals surface area contributed by atoms with Gasteiger partial charge in [0.1, 0.15) is 16.9 Å². The van der Waals surface area contributed by atoms with Crippen LogP contribution in [-0.2, 0) is 4.79 Å². The van der Waals surface area contributed by atoms with Gasteiger partial charge in [0.25, 0.3) is 5.56 Å². The largest absolute Gasteiger partial charge is 0.344 e. The lowest BCUT2D eigenvalue weighted by molar-refractivity contribution is -0.133. The molecule has 0 spiro atoms. The van der Waals surface area contributed by atoms with Gasteiger partial charge < -0.3 is 9.47 Å². The lowest BCUT2D eigenvalue weighted by Crippen LogP contribution is -2.39. The summed E-state index contributed by atoms with van der Waals surface area (Å²) in [7, 11) is 1.77. The van der Waals surface area contributed by atoms with Crippen LogP contribution in [0.5, 0.6) is 0 Å². The zero-order chi connectivity index (χ0) is 22.8. The molecule has 0 bridgehead atoms. The first kappa shape index (κ1) is 21.5. The number of carbonyl (C=O) groups excluding carboxylic acids is 1. The van der Waals surface area contributed by atoms with E-state index in [2.05, 4.69) is 12.0 Å². The summed E-state index contributed by atoms with van der Waals surface area (Å²) in [4.78, 5) is 28.3. The van der Waals surface area contributed by atoms with Crippen LogP contribution in [0.25, 0.3) is 22.4 Å². The van der Waals surface area contributed by atoms with Crippen LogP contribution in [-0.4, -0.2) is 48.5 Å². The van der Waals surface area contributed by atoms with E-state index in [0.717, 1.165) is 18.5 Å². The van der Waals surface area contributed by atoms with E-state index in [0.29, 0.717) is 29.0 Å². The van der Waals surface area contributed by atoms with Crippen LogP contribution in [0.2, 0.25) is 0 Å². The fourth-order valence-corrected chi connectivity index (χ4v) is 3.88. The number of nitrogens with zero attached hydrogens (tertiary/aromatic N) is 6. The van der Waals surface area contributed by atoms with Crippen LogP contribution in [0, 0.1) is 6.92 Å². The summed E-state index contributed by atoms with van der Waals surface area (Å²) in [5.41, 5.74) is 1.62. The molecule has 0 radical (unpaired) electrons. The molecule has 0 saturated carbocycles. The van der Waals surface area contributed by atoms with Crippen molar-refractivity contribution in [2.75, 3.05) is 13.6 Å². The first-order valence-electron chi connectivity index (χ1n) is 10.9. The molecule has 8 heteroatoms. The first-order chi connectivity index (χ1) is 15.4. The van der Waals surface area contributed by atoms with Gasteiger partial charge in [0.15, 0.2) is 5.82 Å². The number of aryl methyl sites for hydroxylation is 1. The van der Waals surface area contributed by atoms with Gasteiger partial charge >= 0.3 is 0 Å². The fraction of sp³-hybridized carbons (Fsp3) is 0.333. The number of amides is 1. The summed E-state index contributed by atoms with van der Waals surface area (Å²) < 4.78 is 4.92. The molecule has 0 N–H and O–H groups in total. The van der Waals surface area contributed by atoms with E-state index in [4.69, 9.17) is 5.10 Å². The summed E-state index contributed by atoms with van der Waals surface area (Å²) in [6.45, 7) is 6.27. The third kappa shape index (κ3) is 3.72. The van der Waals surface area contributed by atoms with Gasteiger partial charge in [-0.3, -0.25) is 9.59 Å². The van der Waals surface area contributed by atoms with E-state index in [1.54, 1.807) is 23.6 Å². The molecular weight excluding hydrogens is 404 g/mol. The van der Waals surface area contributed by atoms with Crippen LogP contribution in [0.1, 0.15) is 38.4 Å². The van der Waals surface area contributed by atoms with Crippen LogP contribution >= 0.6 is 0 Å². The molecule has 166 valence electrons. The molecule has 3 aromatic heterocycles. The normalized spacial score (nSPS) is 12.2. The van der Waals surface area contributed by atoms with Gasteiger partial charge in [-0.2, -0.15) is 10.2 Å². The second kappa shape index (κ2) is 8.82. The highest BCUT2D eigenvalue weighted by molar-refractivity contribution is 5.88. The van der Waals surface area contributed by atoms with Gasteiger partial charge in [0, 0.05) is 26.0 Å². The van der Waals surface area contributed by atoms with Crippen molar-refractivity contribution >= 4 is 16.8 Å². The number of aromatic nitrogens is 5. The summed E-state index contributed by atoms with van der Waals surface area (Å²) in [6, 6.07) is 12.7. The maximum atomic E-state index is 13.7. The third-order valence-electron chi connectivity index (χ3n) is 5.68. The molecule has 4 rings (SSSR count). The minimum Gasteiger partial charge on any atom is -0.344 e. The molecule has 1 amide bonds. The van der Waals surface area contributed by atoms with Crippen LogP contribution < -0.4 is 5.56 Å². The number of fused-ring (bicyclic) bond motifs is 1. The van der Waals surface area contributed by atoms with Crippen molar-refractivity contribution in [2.45, 2.75) is 39.7 Å². The molecule has 0 saturated heterocycles. The molecule has 1 atom stereocenters. The highest BCUT2D eigenvalue weighted by Crippen LogP contribution is 2.25. The average Bonchev–Trinajstić information content (AvgIpc) is 3.47. The Bertz CT molecular complexity index is 1290. The van der Waals surface area contributed by atoms with Gasteiger partial charge in [-0.15, -0.1) is 0 Å². The highest BCUT2D eigenvalue weighted by Gasteiger charge is 2.26. The van der Waals surface area contributed by atoms with Crippen molar-refractivity contribution in [3.05, 3.63) is 70.9 Å². The SMILES string of the molecule is CCCCN(C)C(=O)[C@@H](C)n1nc(C)c2nn(-c3ccccc3)c(-n3cccc3)c2c1=O. The van der Waals surface area contributed by atoms with Gasteiger partial charge in [0.2, 0.25) is 5.91 Å². The van der Waals surface area contributed by atoms with Crippen molar-refractivity contribution in [1.82, 2.24) is 29.0 Å². The number of carbonyl (C=O) groups is 1. The second-order valence-electron chi connectivity index (χ2n) is 8.01. The monoisotopic (exact) mass is 432 g/mol. The number of benzene rings is 1. The standard InChI is InChI=1S/C24H28N6O2/c1-5-6-14-27(4)23(31)18(3)29-24(32)20-21(17(2)25-29)26-30(19-12-8-7-9-13-19)22(20)28-15-10-11-16-28/h7-13,15-16,18H,5-6,14H2,1-4H3/t18-/m1/s1. The topological polar surface area (TPSA) is 78.0 Å². The van der Waals surface area contributed by atoms with Crippen LogP contribution in [0.3, 0.4) is 0 Å². The first-order valence-corrected chi connectivity index (χ1v) is 10.9. The molecule has 32 heavy (non-hydrogen) atoms. The van der Waals surface area contributed by atoms with Crippen LogP contribution in [0.4, 0.5) is 0 Å². The fourth-order valence-electron chi connectivity index (χ4n) is 3.88. The quantitative estimate of drug-likeness (QED) is 0.448. The molecule has 4 aromatic rings. The van der Waals surface area contributed by atoms with Gasteiger partial charge in [-0.05, 0) is 44.5 Å². The Balaban J connectivity index is 1.92. The van der Waals surface area contributed by atoms with E-state index >= 15 is 0 Å². The zero-order valence-corrected chi connectivity index (χ0v) is 18.9. The van der Waals surface area contributed by atoms with Gasteiger partial charge in [-0.1, -0.05) is 31.5 Å². The molecule has 0 aliphatic heterocycles. The number of rotatable bonds is 7. The lowest BCUT2D eigenvalue weighted by Gasteiger charge is -2.22. The molecule has 0 aliphatic carbocycles. The molecular formula is C24H28N6O2. The van der Waals surface area contributed by atoms with E-state index in [1.807, 2.05) is 66.3 Å². The van der Waals surface area contributed by atoms with E-state index in [-0.39, 0.29) is 11.5 Å². The van der Waals surface area contributed by atoms with Gasteiger partial charge in [-0.25, -0.2) is 9.36 Å². The molecule has 0 unspecified atom stereocenters. The molecule has 1 aromatic carbocycles. The van der Waals surface area contributed by atoms with Crippen LogP contribution in [0.15, 0.2) is 59.7 Å². The number of para-hydroxylation sites is 1. The minimum atomic E-state index is -0.718. The Labute approximate surface area is 186 Å². The highest BCUT2D eigenvalue weighted by atomic mass is 16.2. The summed E-state index contributed by atoms with van der Waals surface area (Å²) >= 11 is 0. The third-order valence-corrected chi connectivity index (χ3v) is 5.68.